The van der Waals surface area contributed by atoms with Gasteiger partial charge in [-0.05, 0) is 40.9 Å². The summed E-state index contributed by atoms with van der Waals surface area (Å²) in [5.74, 6) is 0.956. The zero-order valence-electron chi connectivity index (χ0n) is 10.8. The number of nitrogens with one attached hydrogen (secondary N) is 1. The molecule has 1 unspecified atom stereocenters. The van der Waals surface area contributed by atoms with Gasteiger partial charge in [-0.3, -0.25) is 0 Å². The highest BCUT2D eigenvalue weighted by atomic mass is 32.1. The molecule has 0 aliphatic carbocycles. The first-order valence-corrected chi connectivity index (χ1v) is 7.86. The molecule has 3 rings (SSSR count). The third kappa shape index (κ3) is 2.16. The van der Waals surface area contributed by atoms with Crippen molar-refractivity contribution in [2.75, 3.05) is 14.2 Å². The second-order valence-corrected chi connectivity index (χ2v) is 6.12. The predicted octanol–water partition coefficient (Wildman–Crippen LogP) is 4.28. The number of rotatable bonds is 4. The molecule has 2 nitrogen and oxygen atoms in total. The molecule has 98 valence electrons. The largest absolute Gasteiger partial charge is 0.496 e. The zero-order chi connectivity index (χ0) is 13.2. The Bertz CT molecular complexity index is 686. The number of ether oxygens (including phenoxy) is 1. The van der Waals surface area contributed by atoms with Crippen molar-refractivity contribution in [3.8, 4) is 5.75 Å². The molecule has 3 aromatic rings. The van der Waals surface area contributed by atoms with E-state index in [1.807, 2.05) is 13.1 Å². The molecule has 0 amide bonds. The topological polar surface area (TPSA) is 21.3 Å². The Hall–Kier alpha value is -1.36. The summed E-state index contributed by atoms with van der Waals surface area (Å²) in [5.41, 5.74) is 1.32. The van der Waals surface area contributed by atoms with Crippen LogP contribution in [-0.2, 0) is 0 Å². The molecule has 2 heterocycles. The standard InChI is InChI=1S/C15H15NOS2/c1-16-13(15-12(17-2)7-9-19-15)11-5-3-4-10-6-8-18-14(10)11/h3-9,13,16H,1-2H3. The van der Waals surface area contributed by atoms with Crippen LogP contribution in [0.25, 0.3) is 10.1 Å². The number of thiophene rings is 2. The van der Waals surface area contributed by atoms with Gasteiger partial charge in [0, 0.05) is 4.70 Å². The number of benzene rings is 1. The third-order valence-corrected chi connectivity index (χ3v) is 5.19. The second-order valence-electron chi connectivity index (χ2n) is 4.26. The summed E-state index contributed by atoms with van der Waals surface area (Å²) in [4.78, 5) is 1.23. The van der Waals surface area contributed by atoms with E-state index < -0.39 is 0 Å². The Kier molecular flexibility index (Phi) is 3.55. The van der Waals surface area contributed by atoms with Crippen LogP contribution in [0, 0.1) is 0 Å². The number of fused-ring (bicyclic) bond motifs is 1. The van der Waals surface area contributed by atoms with Crippen LogP contribution < -0.4 is 10.1 Å². The molecule has 0 aliphatic heterocycles. The van der Waals surface area contributed by atoms with Gasteiger partial charge in [0.05, 0.1) is 18.0 Å². The monoisotopic (exact) mass is 289 g/mol. The lowest BCUT2D eigenvalue weighted by molar-refractivity contribution is 0.409. The van der Waals surface area contributed by atoms with Gasteiger partial charge in [0.1, 0.15) is 5.75 Å². The molecule has 0 spiro atoms. The molecular weight excluding hydrogens is 274 g/mol. The maximum atomic E-state index is 5.46. The fraction of sp³-hybridized carbons (Fsp3) is 0.200. The molecule has 1 aromatic carbocycles. The lowest BCUT2D eigenvalue weighted by atomic mass is 10.0. The van der Waals surface area contributed by atoms with E-state index in [0.29, 0.717) is 0 Å². The molecule has 0 fully saturated rings. The normalized spacial score (nSPS) is 12.7. The molecular formula is C15H15NOS2. The van der Waals surface area contributed by atoms with E-state index in [-0.39, 0.29) is 6.04 Å². The van der Waals surface area contributed by atoms with Gasteiger partial charge >= 0.3 is 0 Å². The molecule has 0 saturated heterocycles. The average Bonchev–Trinajstić information content (AvgIpc) is 3.08. The summed E-state index contributed by atoms with van der Waals surface area (Å²) in [6.07, 6.45) is 0. The van der Waals surface area contributed by atoms with Gasteiger partial charge in [0.2, 0.25) is 0 Å². The van der Waals surface area contributed by atoms with Crippen LogP contribution in [0.15, 0.2) is 41.1 Å². The summed E-state index contributed by atoms with van der Waals surface area (Å²) in [7, 11) is 3.72. The molecule has 1 N–H and O–H groups in total. The quantitative estimate of drug-likeness (QED) is 0.774. The number of hydrogen-bond donors (Lipinski definition) is 1. The van der Waals surface area contributed by atoms with Gasteiger partial charge in [0.15, 0.2) is 0 Å². The van der Waals surface area contributed by atoms with E-state index in [0.717, 1.165) is 5.75 Å². The van der Waals surface area contributed by atoms with E-state index in [4.69, 9.17) is 4.74 Å². The first-order chi connectivity index (χ1) is 9.35. The summed E-state index contributed by atoms with van der Waals surface area (Å²) < 4.78 is 6.80. The minimum absolute atomic E-state index is 0.178. The SMILES string of the molecule is CNC(c1sccc1OC)c1cccc2ccsc12. The van der Waals surface area contributed by atoms with Crippen molar-refractivity contribution in [2.24, 2.45) is 0 Å². The Balaban J connectivity index is 2.15. The van der Waals surface area contributed by atoms with Crippen molar-refractivity contribution in [1.82, 2.24) is 5.32 Å². The van der Waals surface area contributed by atoms with Gasteiger partial charge in [-0.15, -0.1) is 22.7 Å². The van der Waals surface area contributed by atoms with Crippen molar-refractivity contribution in [2.45, 2.75) is 6.04 Å². The lowest BCUT2D eigenvalue weighted by Gasteiger charge is -2.17. The van der Waals surface area contributed by atoms with Gasteiger partial charge in [0.25, 0.3) is 0 Å². The first-order valence-electron chi connectivity index (χ1n) is 6.10. The number of hydrogen-bond acceptors (Lipinski definition) is 4. The average molecular weight is 289 g/mol. The summed E-state index contributed by atoms with van der Waals surface area (Å²) in [6, 6.07) is 10.8. The first kappa shape index (κ1) is 12.7. The van der Waals surface area contributed by atoms with E-state index in [1.54, 1.807) is 29.8 Å². The third-order valence-electron chi connectivity index (χ3n) is 3.25. The van der Waals surface area contributed by atoms with Crippen molar-refractivity contribution in [3.63, 3.8) is 0 Å². The number of methoxy groups -OCH3 is 1. The second kappa shape index (κ2) is 5.33. The molecule has 0 aliphatic rings. The molecule has 1 atom stereocenters. The Morgan fingerprint density at radius 3 is 2.74 bits per heavy atom. The fourth-order valence-corrected chi connectivity index (χ4v) is 4.29. The van der Waals surface area contributed by atoms with Crippen LogP contribution >= 0.6 is 22.7 Å². The van der Waals surface area contributed by atoms with E-state index in [2.05, 4.69) is 40.3 Å². The van der Waals surface area contributed by atoms with E-state index in [9.17, 15) is 0 Å². The maximum Gasteiger partial charge on any atom is 0.134 e. The minimum atomic E-state index is 0.178. The van der Waals surface area contributed by atoms with Gasteiger partial charge in [-0.25, -0.2) is 0 Å². The van der Waals surface area contributed by atoms with Crippen LogP contribution in [0.1, 0.15) is 16.5 Å². The Morgan fingerprint density at radius 2 is 1.95 bits per heavy atom. The van der Waals surface area contributed by atoms with E-state index in [1.165, 1.54) is 20.5 Å². The smallest absolute Gasteiger partial charge is 0.134 e. The molecule has 0 bridgehead atoms. The van der Waals surface area contributed by atoms with Crippen LogP contribution in [0.4, 0.5) is 0 Å². The molecule has 2 aromatic heterocycles. The molecule has 0 saturated carbocycles. The van der Waals surface area contributed by atoms with Crippen LogP contribution in [0.5, 0.6) is 5.75 Å². The Labute approximate surface area is 120 Å². The maximum absolute atomic E-state index is 5.46. The van der Waals surface area contributed by atoms with Crippen LogP contribution in [0.3, 0.4) is 0 Å². The van der Waals surface area contributed by atoms with E-state index >= 15 is 0 Å². The molecule has 0 radical (unpaired) electrons. The van der Waals surface area contributed by atoms with Crippen LogP contribution in [0.2, 0.25) is 0 Å². The Morgan fingerprint density at radius 1 is 1.11 bits per heavy atom. The fourth-order valence-electron chi connectivity index (χ4n) is 2.36. The molecule has 4 heteroatoms. The minimum Gasteiger partial charge on any atom is -0.496 e. The highest BCUT2D eigenvalue weighted by molar-refractivity contribution is 7.17. The van der Waals surface area contributed by atoms with Crippen molar-refractivity contribution in [1.29, 1.82) is 0 Å². The summed E-state index contributed by atoms with van der Waals surface area (Å²) in [6.45, 7) is 0. The molecule has 19 heavy (non-hydrogen) atoms. The van der Waals surface area contributed by atoms with Gasteiger partial charge in [-0.2, -0.15) is 0 Å². The highest BCUT2D eigenvalue weighted by Crippen LogP contribution is 2.38. The van der Waals surface area contributed by atoms with Gasteiger partial charge < -0.3 is 10.1 Å². The van der Waals surface area contributed by atoms with Gasteiger partial charge in [-0.1, -0.05) is 18.2 Å². The summed E-state index contributed by atoms with van der Waals surface area (Å²) >= 11 is 3.52. The predicted molar refractivity (Wildman–Crippen MR) is 83.6 cm³/mol. The van der Waals surface area contributed by atoms with Crippen molar-refractivity contribution < 1.29 is 4.74 Å². The highest BCUT2D eigenvalue weighted by Gasteiger charge is 2.20. The lowest BCUT2D eigenvalue weighted by Crippen LogP contribution is -2.17. The van der Waals surface area contributed by atoms with Crippen molar-refractivity contribution in [3.05, 3.63) is 51.5 Å². The zero-order valence-corrected chi connectivity index (χ0v) is 12.5. The summed E-state index contributed by atoms with van der Waals surface area (Å²) in [5, 5.41) is 8.94. The van der Waals surface area contributed by atoms with Crippen molar-refractivity contribution >= 4 is 32.8 Å². The van der Waals surface area contributed by atoms with Crippen LogP contribution in [-0.4, -0.2) is 14.2 Å².